The van der Waals surface area contributed by atoms with E-state index >= 15 is 0 Å². The summed E-state index contributed by atoms with van der Waals surface area (Å²) >= 11 is 0. The lowest BCUT2D eigenvalue weighted by Crippen LogP contribution is -2.01. The Bertz CT molecular complexity index is 382. The van der Waals surface area contributed by atoms with Crippen molar-refractivity contribution in [2.45, 2.75) is 26.2 Å². The van der Waals surface area contributed by atoms with Crippen molar-refractivity contribution in [2.75, 3.05) is 6.61 Å². The van der Waals surface area contributed by atoms with Crippen LogP contribution in [-0.2, 0) is 4.79 Å². The van der Waals surface area contributed by atoms with Gasteiger partial charge in [-0.25, -0.2) is 13.2 Å². The molecule has 0 N–H and O–H groups in total. The van der Waals surface area contributed by atoms with E-state index in [4.69, 9.17) is 4.74 Å². The summed E-state index contributed by atoms with van der Waals surface area (Å²) in [5.74, 6) is -4.02. The van der Waals surface area contributed by atoms with Crippen LogP contribution in [0.2, 0.25) is 0 Å². The highest BCUT2D eigenvalue weighted by Crippen LogP contribution is 2.19. The maximum Gasteiger partial charge on any atom is 0.194 e. The fourth-order valence-corrected chi connectivity index (χ4v) is 1.28. The maximum atomic E-state index is 12.8. The van der Waals surface area contributed by atoms with Gasteiger partial charge in [0, 0.05) is 18.6 Å². The molecule has 1 rings (SSSR count). The van der Waals surface area contributed by atoms with Crippen molar-refractivity contribution < 1.29 is 22.7 Å². The van der Waals surface area contributed by atoms with Gasteiger partial charge < -0.3 is 9.53 Å². The third kappa shape index (κ3) is 4.46. The highest BCUT2D eigenvalue weighted by molar-refractivity contribution is 5.75. The van der Waals surface area contributed by atoms with Gasteiger partial charge in [0.1, 0.15) is 11.5 Å². The van der Waals surface area contributed by atoms with Crippen LogP contribution >= 0.6 is 0 Å². The Hall–Kier alpha value is -1.52. The number of halogens is 3. The Kier molecular flexibility index (Phi) is 5.00. The Morgan fingerprint density at radius 1 is 1.18 bits per heavy atom. The van der Waals surface area contributed by atoms with Gasteiger partial charge in [0.2, 0.25) is 0 Å². The molecule has 0 fully saturated rings. The monoisotopic (exact) mass is 246 g/mol. The lowest BCUT2D eigenvalue weighted by atomic mass is 10.2. The van der Waals surface area contributed by atoms with E-state index in [1.165, 1.54) is 6.92 Å². The average Bonchev–Trinajstić information content (AvgIpc) is 2.25. The zero-order valence-electron chi connectivity index (χ0n) is 9.43. The van der Waals surface area contributed by atoms with E-state index in [-0.39, 0.29) is 18.1 Å². The average molecular weight is 246 g/mol. The fraction of sp³-hybridized carbons (Fsp3) is 0.417. The van der Waals surface area contributed by atoms with Gasteiger partial charge in [-0.2, -0.15) is 0 Å². The first-order valence-corrected chi connectivity index (χ1v) is 5.27. The highest BCUT2D eigenvalue weighted by atomic mass is 19.2. The predicted molar refractivity (Wildman–Crippen MR) is 56.3 cm³/mol. The van der Waals surface area contributed by atoms with Gasteiger partial charge in [0.25, 0.3) is 0 Å². The normalized spacial score (nSPS) is 10.4. The van der Waals surface area contributed by atoms with Crippen LogP contribution in [0, 0.1) is 17.5 Å². The molecule has 0 radical (unpaired) electrons. The fourth-order valence-electron chi connectivity index (χ4n) is 1.28. The molecule has 0 saturated heterocycles. The Balaban J connectivity index is 2.39. The lowest BCUT2D eigenvalue weighted by Gasteiger charge is -2.06. The van der Waals surface area contributed by atoms with Gasteiger partial charge in [0.15, 0.2) is 17.5 Å². The van der Waals surface area contributed by atoms with E-state index in [1.807, 2.05) is 0 Å². The van der Waals surface area contributed by atoms with Crippen molar-refractivity contribution in [3.63, 3.8) is 0 Å². The second-order valence-corrected chi connectivity index (χ2v) is 3.71. The number of ether oxygens (including phenoxy) is 1. The smallest absolute Gasteiger partial charge is 0.194 e. The predicted octanol–water partition coefficient (Wildman–Crippen LogP) is 3.24. The topological polar surface area (TPSA) is 26.3 Å². The number of hydrogen-bond donors (Lipinski definition) is 0. The molecular formula is C12H13F3O2. The summed E-state index contributed by atoms with van der Waals surface area (Å²) in [6.07, 6.45) is 1.71. The van der Waals surface area contributed by atoms with Gasteiger partial charge in [-0.1, -0.05) is 0 Å². The van der Waals surface area contributed by atoms with Gasteiger partial charge in [-0.15, -0.1) is 0 Å². The van der Waals surface area contributed by atoms with Gasteiger partial charge in [-0.05, 0) is 19.8 Å². The quantitative estimate of drug-likeness (QED) is 0.569. The molecule has 0 bridgehead atoms. The Morgan fingerprint density at radius 3 is 2.29 bits per heavy atom. The van der Waals surface area contributed by atoms with Crippen LogP contribution in [0.25, 0.3) is 0 Å². The number of carbonyl (C=O) groups is 1. The molecule has 1 aromatic carbocycles. The minimum atomic E-state index is -1.51. The minimum Gasteiger partial charge on any atom is -0.493 e. The molecule has 0 aromatic heterocycles. The first-order chi connectivity index (χ1) is 8.00. The largest absolute Gasteiger partial charge is 0.493 e. The molecule has 0 saturated carbocycles. The molecule has 0 aliphatic carbocycles. The van der Waals surface area contributed by atoms with Crippen molar-refractivity contribution in [2.24, 2.45) is 0 Å². The molecule has 0 unspecified atom stereocenters. The van der Waals surface area contributed by atoms with Crippen molar-refractivity contribution >= 4 is 5.78 Å². The maximum absolute atomic E-state index is 12.8. The van der Waals surface area contributed by atoms with Crippen molar-refractivity contribution in [3.05, 3.63) is 29.6 Å². The summed E-state index contributed by atoms with van der Waals surface area (Å²) in [7, 11) is 0. The number of rotatable bonds is 6. The SMILES string of the molecule is CC(=O)CCCCOc1cc(F)c(F)c(F)c1. The number of Topliss-reactive ketones (excluding diaryl/α,β-unsaturated/α-hetero) is 1. The molecule has 0 heterocycles. The van der Waals surface area contributed by atoms with Crippen LogP contribution in [0.15, 0.2) is 12.1 Å². The van der Waals surface area contributed by atoms with E-state index in [9.17, 15) is 18.0 Å². The summed E-state index contributed by atoms with van der Waals surface area (Å²) in [4.78, 5) is 10.6. The van der Waals surface area contributed by atoms with Gasteiger partial charge >= 0.3 is 0 Å². The van der Waals surface area contributed by atoms with Crippen molar-refractivity contribution in [3.8, 4) is 5.75 Å². The summed E-state index contributed by atoms with van der Waals surface area (Å²) in [6, 6.07) is 1.59. The van der Waals surface area contributed by atoms with E-state index in [0.29, 0.717) is 19.3 Å². The summed E-state index contributed by atoms with van der Waals surface area (Å²) in [5, 5.41) is 0. The Labute approximate surface area is 97.4 Å². The van der Waals surface area contributed by atoms with Crippen LogP contribution in [0.3, 0.4) is 0 Å². The molecule has 17 heavy (non-hydrogen) atoms. The molecule has 0 atom stereocenters. The van der Waals surface area contributed by atoms with E-state index < -0.39 is 17.5 Å². The van der Waals surface area contributed by atoms with Crippen LogP contribution < -0.4 is 4.74 Å². The van der Waals surface area contributed by atoms with Gasteiger partial charge in [-0.3, -0.25) is 0 Å². The molecule has 5 heteroatoms. The third-order valence-corrected chi connectivity index (χ3v) is 2.15. The molecule has 0 aliphatic rings. The van der Waals surface area contributed by atoms with Crippen molar-refractivity contribution in [1.29, 1.82) is 0 Å². The summed E-state index contributed by atoms with van der Waals surface area (Å²) < 4.78 is 43.2. The highest BCUT2D eigenvalue weighted by Gasteiger charge is 2.10. The van der Waals surface area contributed by atoms with Gasteiger partial charge in [0.05, 0.1) is 6.61 Å². The molecule has 0 aliphatic heterocycles. The minimum absolute atomic E-state index is 0.0516. The Morgan fingerprint density at radius 2 is 1.76 bits per heavy atom. The van der Waals surface area contributed by atoms with Crippen LogP contribution in [0.5, 0.6) is 5.75 Å². The first kappa shape index (κ1) is 13.5. The van der Waals surface area contributed by atoms with Crippen LogP contribution in [0.4, 0.5) is 13.2 Å². The third-order valence-electron chi connectivity index (χ3n) is 2.15. The molecular weight excluding hydrogens is 233 g/mol. The van der Waals surface area contributed by atoms with E-state index in [2.05, 4.69) is 0 Å². The molecule has 2 nitrogen and oxygen atoms in total. The van der Waals surface area contributed by atoms with Crippen LogP contribution in [0.1, 0.15) is 26.2 Å². The van der Waals surface area contributed by atoms with E-state index in [0.717, 1.165) is 12.1 Å². The van der Waals surface area contributed by atoms with Crippen LogP contribution in [-0.4, -0.2) is 12.4 Å². The number of benzene rings is 1. The lowest BCUT2D eigenvalue weighted by molar-refractivity contribution is -0.117. The molecule has 1 aromatic rings. The zero-order valence-corrected chi connectivity index (χ0v) is 9.43. The zero-order chi connectivity index (χ0) is 12.8. The molecule has 0 spiro atoms. The first-order valence-electron chi connectivity index (χ1n) is 5.27. The second kappa shape index (κ2) is 6.27. The molecule has 94 valence electrons. The number of carbonyl (C=O) groups excluding carboxylic acids is 1. The standard InChI is InChI=1S/C12H13F3O2/c1-8(16)4-2-3-5-17-9-6-10(13)12(15)11(14)7-9/h6-7H,2-5H2,1H3. The number of hydrogen-bond acceptors (Lipinski definition) is 2. The summed E-state index contributed by atoms with van der Waals surface area (Å²) in [6.45, 7) is 1.73. The van der Waals surface area contributed by atoms with E-state index in [1.54, 1.807) is 0 Å². The molecule has 0 amide bonds. The number of ketones is 1. The van der Waals surface area contributed by atoms with Crippen molar-refractivity contribution in [1.82, 2.24) is 0 Å². The second-order valence-electron chi connectivity index (χ2n) is 3.71. The number of unbranched alkanes of at least 4 members (excludes halogenated alkanes) is 1. The summed E-state index contributed by atoms with van der Waals surface area (Å²) in [5.41, 5.74) is 0.